The van der Waals surface area contributed by atoms with Crippen LogP contribution >= 0.6 is 23.4 Å². The fraction of sp³-hybridized carbons (Fsp3) is 0.0588. The summed E-state index contributed by atoms with van der Waals surface area (Å²) in [5, 5.41) is 0.914. The highest BCUT2D eigenvalue weighted by Crippen LogP contribution is 2.19. The summed E-state index contributed by atoms with van der Waals surface area (Å²) in [6, 6.07) is 13.3. The Morgan fingerprint density at radius 3 is 2.78 bits per heavy atom. The van der Waals surface area contributed by atoms with Gasteiger partial charge < -0.3 is 0 Å². The molecule has 1 heterocycles. The van der Waals surface area contributed by atoms with E-state index < -0.39 is 0 Å². The Morgan fingerprint density at radius 1 is 1.17 bits per heavy atom. The van der Waals surface area contributed by atoms with Crippen LogP contribution in [0.15, 0.2) is 70.7 Å². The van der Waals surface area contributed by atoms with E-state index in [2.05, 4.69) is 4.98 Å². The number of halogens is 2. The van der Waals surface area contributed by atoms with Crippen molar-refractivity contribution in [3.63, 3.8) is 0 Å². The molecule has 3 aromatic rings. The summed E-state index contributed by atoms with van der Waals surface area (Å²) in [4.78, 5) is 16.7. The van der Waals surface area contributed by atoms with Gasteiger partial charge in [0.15, 0.2) is 5.03 Å². The minimum absolute atomic E-state index is 0.226. The van der Waals surface area contributed by atoms with Crippen LogP contribution in [0.1, 0.15) is 5.56 Å². The molecule has 0 fully saturated rings. The molecule has 0 unspecified atom stereocenters. The molecule has 1 aromatic heterocycles. The minimum Gasteiger partial charge on any atom is -0.280 e. The molecule has 116 valence electrons. The number of rotatable bonds is 4. The molecule has 0 aliphatic heterocycles. The Morgan fingerprint density at radius 2 is 2.00 bits per heavy atom. The van der Waals surface area contributed by atoms with Crippen LogP contribution in [0.3, 0.4) is 0 Å². The molecule has 0 saturated carbocycles. The predicted octanol–water partition coefficient (Wildman–Crippen LogP) is 4.32. The van der Waals surface area contributed by atoms with Gasteiger partial charge in [0.1, 0.15) is 5.82 Å². The Balaban J connectivity index is 1.87. The monoisotopic (exact) mass is 346 g/mol. The Labute approximate surface area is 141 Å². The van der Waals surface area contributed by atoms with Gasteiger partial charge >= 0.3 is 0 Å². The van der Waals surface area contributed by atoms with Crippen molar-refractivity contribution in [3.8, 4) is 5.69 Å². The largest absolute Gasteiger partial charge is 0.287 e. The molecule has 0 bridgehead atoms. The first kappa shape index (κ1) is 15.8. The fourth-order valence-corrected chi connectivity index (χ4v) is 3.13. The summed E-state index contributed by atoms with van der Waals surface area (Å²) >= 11 is 7.25. The van der Waals surface area contributed by atoms with E-state index in [0.29, 0.717) is 21.5 Å². The smallest absolute Gasteiger partial charge is 0.280 e. The maximum absolute atomic E-state index is 13.2. The van der Waals surface area contributed by atoms with Crippen LogP contribution in [-0.4, -0.2) is 9.55 Å². The molecule has 0 radical (unpaired) electrons. The van der Waals surface area contributed by atoms with Gasteiger partial charge in [-0.2, -0.15) is 0 Å². The van der Waals surface area contributed by atoms with Gasteiger partial charge in [-0.1, -0.05) is 41.6 Å². The van der Waals surface area contributed by atoms with Gasteiger partial charge in [0.25, 0.3) is 5.56 Å². The molecule has 0 atom stereocenters. The zero-order valence-corrected chi connectivity index (χ0v) is 13.5. The van der Waals surface area contributed by atoms with Crippen LogP contribution in [0, 0.1) is 5.82 Å². The number of benzene rings is 2. The fourth-order valence-electron chi connectivity index (χ4n) is 2.10. The number of hydrogen-bond donors (Lipinski definition) is 0. The highest BCUT2D eigenvalue weighted by atomic mass is 35.5. The van der Waals surface area contributed by atoms with E-state index in [4.69, 9.17) is 11.6 Å². The summed E-state index contributed by atoms with van der Waals surface area (Å²) in [6.07, 6.45) is 3.16. The van der Waals surface area contributed by atoms with Gasteiger partial charge in [0.2, 0.25) is 0 Å². The van der Waals surface area contributed by atoms with Crippen molar-refractivity contribution >= 4 is 23.4 Å². The van der Waals surface area contributed by atoms with Crippen molar-refractivity contribution in [1.82, 2.24) is 9.55 Å². The second-order valence-corrected chi connectivity index (χ2v) is 6.21. The SMILES string of the molecule is O=c1c(SCc2cccc(F)c2)nccn1-c1cccc(Cl)c1. The average molecular weight is 347 g/mol. The van der Waals surface area contributed by atoms with Crippen LogP contribution in [-0.2, 0) is 5.75 Å². The summed E-state index contributed by atoms with van der Waals surface area (Å²) in [7, 11) is 0. The van der Waals surface area contributed by atoms with E-state index in [1.807, 2.05) is 6.07 Å². The van der Waals surface area contributed by atoms with Crippen LogP contribution in [0.5, 0.6) is 0 Å². The quantitative estimate of drug-likeness (QED) is 0.660. The molecule has 0 aliphatic rings. The third kappa shape index (κ3) is 3.81. The average Bonchev–Trinajstić information content (AvgIpc) is 2.54. The standard InChI is InChI=1S/C17H12ClFN2OS/c18-13-4-2-6-15(10-13)21-8-7-20-16(17(21)22)23-11-12-3-1-5-14(19)9-12/h1-10H,11H2. The minimum atomic E-state index is -0.291. The lowest BCUT2D eigenvalue weighted by molar-refractivity contribution is 0.626. The van der Waals surface area contributed by atoms with E-state index in [1.165, 1.54) is 28.5 Å². The van der Waals surface area contributed by atoms with Gasteiger partial charge in [-0.3, -0.25) is 9.36 Å². The lowest BCUT2D eigenvalue weighted by atomic mass is 10.2. The molecule has 6 heteroatoms. The van der Waals surface area contributed by atoms with Crippen LogP contribution < -0.4 is 5.56 Å². The zero-order chi connectivity index (χ0) is 16.2. The molecule has 0 N–H and O–H groups in total. The Kier molecular flexibility index (Phi) is 4.79. The van der Waals surface area contributed by atoms with Crippen LogP contribution in [0.4, 0.5) is 4.39 Å². The summed E-state index contributed by atoms with van der Waals surface area (Å²) < 4.78 is 14.7. The van der Waals surface area contributed by atoms with Crippen molar-refractivity contribution < 1.29 is 4.39 Å². The molecule has 23 heavy (non-hydrogen) atoms. The van der Waals surface area contributed by atoms with Gasteiger partial charge in [0.05, 0.1) is 5.69 Å². The first-order valence-electron chi connectivity index (χ1n) is 6.84. The molecular formula is C17H12ClFN2OS. The lowest BCUT2D eigenvalue weighted by Gasteiger charge is -2.07. The third-order valence-corrected chi connectivity index (χ3v) is 4.43. The van der Waals surface area contributed by atoms with E-state index in [9.17, 15) is 9.18 Å². The second-order valence-electron chi connectivity index (χ2n) is 4.81. The van der Waals surface area contributed by atoms with Gasteiger partial charge in [-0.15, -0.1) is 0 Å². The predicted molar refractivity (Wildman–Crippen MR) is 90.8 cm³/mol. The zero-order valence-electron chi connectivity index (χ0n) is 11.9. The highest BCUT2D eigenvalue weighted by Gasteiger charge is 2.08. The van der Waals surface area contributed by atoms with E-state index in [0.717, 1.165) is 5.56 Å². The lowest BCUT2D eigenvalue weighted by Crippen LogP contribution is -2.20. The number of nitrogens with zero attached hydrogens (tertiary/aromatic N) is 2. The number of aromatic nitrogens is 2. The first-order chi connectivity index (χ1) is 11.1. The summed E-state index contributed by atoms with van der Waals surface area (Å²) in [6.45, 7) is 0. The topological polar surface area (TPSA) is 34.9 Å². The van der Waals surface area contributed by atoms with E-state index >= 15 is 0 Å². The Bertz CT molecular complexity index is 898. The second kappa shape index (κ2) is 6.98. The Hall–Kier alpha value is -2.11. The normalized spacial score (nSPS) is 10.7. The van der Waals surface area contributed by atoms with Gasteiger partial charge in [0, 0.05) is 23.2 Å². The van der Waals surface area contributed by atoms with Crippen molar-refractivity contribution in [3.05, 3.63) is 87.7 Å². The molecule has 0 amide bonds. The summed E-state index contributed by atoms with van der Waals surface area (Å²) in [5.74, 6) is 0.181. The molecule has 3 nitrogen and oxygen atoms in total. The van der Waals surface area contributed by atoms with Gasteiger partial charge in [-0.25, -0.2) is 9.37 Å². The molecule has 3 rings (SSSR count). The number of thioether (sulfide) groups is 1. The molecule has 0 aliphatic carbocycles. The molecule has 2 aromatic carbocycles. The third-order valence-electron chi connectivity index (χ3n) is 3.16. The van der Waals surface area contributed by atoms with E-state index in [-0.39, 0.29) is 11.4 Å². The van der Waals surface area contributed by atoms with Crippen LogP contribution in [0.25, 0.3) is 5.69 Å². The van der Waals surface area contributed by atoms with Crippen molar-refractivity contribution in [2.24, 2.45) is 0 Å². The van der Waals surface area contributed by atoms with Crippen molar-refractivity contribution in [2.45, 2.75) is 10.8 Å². The summed E-state index contributed by atoms with van der Waals surface area (Å²) in [5.41, 5.74) is 1.25. The number of hydrogen-bond acceptors (Lipinski definition) is 3. The maximum Gasteiger partial charge on any atom is 0.287 e. The van der Waals surface area contributed by atoms with Crippen LogP contribution in [0.2, 0.25) is 5.02 Å². The first-order valence-corrected chi connectivity index (χ1v) is 8.21. The van der Waals surface area contributed by atoms with Crippen molar-refractivity contribution in [2.75, 3.05) is 0 Å². The highest BCUT2D eigenvalue weighted by molar-refractivity contribution is 7.98. The molecule has 0 spiro atoms. The van der Waals surface area contributed by atoms with E-state index in [1.54, 1.807) is 42.7 Å². The van der Waals surface area contributed by atoms with Gasteiger partial charge in [-0.05, 0) is 35.9 Å². The van der Waals surface area contributed by atoms with Crippen molar-refractivity contribution in [1.29, 1.82) is 0 Å². The molecule has 0 saturated heterocycles. The maximum atomic E-state index is 13.2. The molecular weight excluding hydrogens is 335 g/mol.